The number of ether oxygens (including phenoxy) is 1. The predicted octanol–water partition coefficient (Wildman–Crippen LogP) is 3.10. The fourth-order valence-electron chi connectivity index (χ4n) is 2.51. The average Bonchev–Trinajstić information content (AvgIpc) is 2.39. The van der Waals surface area contributed by atoms with Crippen LogP contribution in [0.4, 0.5) is 8.78 Å². The lowest BCUT2D eigenvalue weighted by molar-refractivity contribution is -0.0754. The van der Waals surface area contributed by atoms with Crippen LogP contribution in [0.3, 0.4) is 0 Å². The van der Waals surface area contributed by atoms with E-state index in [0.717, 1.165) is 5.56 Å². The Labute approximate surface area is 106 Å². The minimum Gasteiger partial charge on any atom is -0.496 e. The Bertz CT molecular complexity index is 414. The molecule has 1 aromatic rings. The van der Waals surface area contributed by atoms with E-state index in [1.54, 1.807) is 26.2 Å². The van der Waals surface area contributed by atoms with Gasteiger partial charge in [-0.15, -0.1) is 0 Å². The minimum absolute atomic E-state index is 0.104. The molecule has 1 N–H and O–H groups in total. The van der Waals surface area contributed by atoms with Gasteiger partial charge in [0.2, 0.25) is 0 Å². The van der Waals surface area contributed by atoms with Gasteiger partial charge in [0.15, 0.2) is 0 Å². The van der Waals surface area contributed by atoms with E-state index in [2.05, 4.69) is 5.32 Å². The number of halogens is 2. The van der Waals surface area contributed by atoms with Crippen molar-refractivity contribution in [3.63, 3.8) is 0 Å². The van der Waals surface area contributed by atoms with Gasteiger partial charge >= 0.3 is 0 Å². The molecule has 0 spiro atoms. The fourth-order valence-corrected chi connectivity index (χ4v) is 2.51. The van der Waals surface area contributed by atoms with Crippen molar-refractivity contribution in [2.75, 3.05) is 20.2 Å². The van der Waals surface area contributed by atoms with Gasteiger partial charge in [-0.05, 0) is 56.6 Å². The molecule has 0 unspecified atom stereocenters. The van der Waals surface area contributed by atoms with Gasteiger partial charge in [-0.2, -0.15) is 0 Å². The van der Waals surface area contributed by atoms with E-state index in [1.165, 1.54) is 6.07 Å². The number of hydrogen-bond donors (Lipinski definition) is 1. The minimum atomic E-state index is -2.75. The van der Waals surface area contributed by atoms with E-state index in [4.69, 9.17) is 4.74 Å². The molecule has 0 aliphatic carbocycles. The molecule has 1 fully saturated rings. The summed E-state index contributed by atoms with van der Waals surface area (Å²) < 4.78 is 33.9. The topological polar surface area (TPSA) is 21.3 Å². The smallest absolute Gasteiger partial charge is 0.276 e. The largest absolute Gasteiger partial charge is 0.496 e. The van der Waals surface area contributed by atoms with Crippen LogP contribution in [0.5, 0.6) is 5.75 Å². The number of hydrogen-bond acceptors (Lipinski definition) is 2. The maximum absolute atomic E-state index is 14.4. The van der Waals surface area contributed by atoms with Crippen molar-refractivity contribution in [2.24, 2.45) is 5.92 Å². The Balaban J connectivity index is 2.25. The van der Waals surface area contributed by atoms with Crippen molar-refractivity contribution < 1.29 is 13.5 Å². The van der Waals surface area contributed by atoms with E-state index >= 15 is 0 Å². The maximum atomic E-state index is 14.4. The average molecular weight is 255 g/mol. The summed E-state index contributed by atoms with van der Waals surface area (Å²) in [6.45, 7) is 3.14. The fraction of sp³-hybridized carbons (Fsp3) is 0.571. The van der Waals surface area contributed by atoms with Crippen LogP contribution in [0.2, 0.25) is 0 Å². The lowest BCUT2D eigenvalue weighted by atomic mass is 9.86. The molecule has 2 rings (SSSR count). The third-order valence-corrected chi connectivity index (χ3v) is 3.63. The predicted molar refractivity (Wildman–Crippen MR) is 67.2 cm³/mol. The maximum Gasteiger partial charge on any atom is 0.276 e. The second-order valence-corrected chi connectivity index (χ2v) is 4.83. The van der Waals surface area contributed by atoms with E-state index in [0.29, 0.717) is 31.7 Å². The summed E-state index contributed by atoms with van der Waals surface area (Å²) in [4.78, 5) is 0. The molecule has 1 aliphatic heterocycles. The van der Waals surface area contributed by atoms with Crippen molar-refractivity contribution in [3.05, 3.63) is 29.3 Å². The lowest BCUT2D eigenvalue weighted by Crippen LogP contribution is -2.36. The first-order valence-electron chi connectivity index (χ1n) is 6.29. The van der Waals surface area contributed by atoms with Gasteiger partial charge in [0, 0.05) is 11.5 Å². The zero-order valence-corrected chi connectivity index (χ0v) is 10.8. The highest BCUT2D eigenvalue weighted by Gasteiger charge is 2.41. The number of methoxy groups -OCH3 is 1. The molecule has 100 valence electrons. The third kappa shape index (κ3) is 2.48. The molecule has 0 saturated carbocycles. The van der Waals surface area contributed by atoms with Crippen LogP contribution in [-0.2, 0) is 5.92 Å². The van der Waals surface area contributed by atoms with Gasteiger partial charge in [0.1, 0.15) is 5.75 Å². The number of rotatable bonds is 3. The number of nitrogens with one attached hydrogen (secondary N) is 1. The zero-order valence-electron chi connectivity index (χ0n) is 10.8. The summed E-state index contributed by atoms with van der Waals surface area (Å²) >= 11 is 0. The highest BCUT2D eigenvalue weighted by molar-refractivity contribution is 5.38. The van der Waals surface area contributed by atoms with Gasteiger partial charge in [-0.1, -0.05) is 0 Å². The summed E-state index contributed by atoms with van der Waals surface area (Å²) in [7, 11) is 1.55. The molecular formula is C14H19F2NO. The molecule has 0 amide bonds. The molecule has 4 heteroatoms. The van der Waals surface area contributed by atoms with Crippen LogP contribution in [0.15, 0.2) is 18.2 Å². The molecule has 2 nitrogen and oxygen atoms in total. The Morgan fingerprint density at radius 1 is 1.28 bits per heavy atom. The molecular weight excluding hydrogens is 236 g/mol. The Morgan fingerprint density at radius 3 is 2.50 bits per heavy atom. The zero-order chi connectivity index (χ0) is 13.2. The SMILES string of the molecule is COc1ccc(C(F)(F)C2CCNCC2)cc1C. The van der Waals surface area contributed by atoms with Gasteiger partial charge in [-0.3, -0.25) is 0 Å². The van der Waals surface area contributed by atoms with Crippen molar-refractivity contribution in [1.29, 1.82) is 0 Å². The number of benzene rings is 1. The van der Waals surface area contributed by atoms with E-state index in [-0.39, 0.29) is 5.56 Å². The van der Waals surface area contributed by atoms with Crippen molar-refractivity contribution in [3.8, 4) is 5.75 Å². The Kier molecular flexibility index (Phi) is 3.85. The number of aryl methyl sites for hydroxylation is 1. The first-order valence-corrected chi connectivity index (χ1v) is 6.29. The van der Waals surface area contributed by atoms with Crippen LogP contribution in [0, 0.1) is 12.8 Å². The number of alkyl halides is 2. The molecule has 18 heavy (non-hydrogen) atoms. The van der Waals surface area contributed by atoms with E-state index in [1.807, 2.05) is 0 Å². The molecule has 0 atom stereocenters. The first kappa shape index (κ1) is 13.3. The quantitative estimate of drug-likeness (QED) is 0.896. The second kappa shape index (κ2) is 5.22. The first-order chi connectivity index (χ1) is 8.55. The van der Waals surface area contributed by atoms with Crippen LogP contribution in [0.25, 0.3) is 0 Å². The molecule has 1 saturated heterocycles. The highest BCUT2D eigenvalue weighted by Crippen LogP contribution is 2.41. The monoisotopic (exact) mass is 255 g/mol. The summed E-state index contributed by atoms with van der Waals surface area (Å²) in [5, 5.41) is 3.11. The summed E-state index contributed by atoms with van der Waals surface area (Å²) in [6.07, 6.45) is 1.05. The van der Waals surface area contributed by atoms with Crippen LogP contribution >= 0.6 is 0 Å². The molecule has 1 aliphatic rings. The lowest BCUT2D eigenvalue weighted by Gasteiger charge is -2.31. The summed E-state index contributed by atoms with van der Waals surface area (Å²) in [5.74, 6) is -2.66. The summed E-state index contributed by atoms with van der Waals surface area (Å²) in [5.41, 5.74) is 0.858. The highest BCUT2D eigenvalue weighted by atomic mass is 19.3. The van der Waals surface area contributed by atoms with Crippen molar-refractivity contribution >= 4 is 0 Å². The van der Waals surface area contributed by atoms with Crippen molar-refractivity contribution in [2.45, 2.75) is 25.7 Å². The summed E-state index contributed by atoms with van der Waals surface area (Å²) in [6, 6.07) is 4.65. The number of piperidine rings is 1. The molecule has 0 bridgehead atoms. The molecule has 1 aromatic carbocycles. The molecule has 1 heterocycles. The van der Waals surface area contributed by atoms with Gasteiger partial charge < -0.3 is 10.1 Å². The van der Waals surface area contributed by atoms with E-state index < -0.39 is 11.8 Å². The van der Waals surface area contributed by atoms with Crippen LogP contribution in [-0.4, -0.2) is 20.2 Å². The second-order valence-electron chi connectivity index (χ2n) is 4.83. The standard InChI is InChI=1S/C14H19F2NO/c1-10-9-12(3-4-13(10)18-2)14(15,16)11-5-7-17-8-6-11/h3-4,9,11,17H,5-8H2,1-2H3. The molecule has 0 radical (unpaired) electrons. The van der Waals surface area contributed by atoms with Crippen LogP contribution in [0.1, 0.15) is 24.0 Å². The van der Waals surface area contributed by atoms with E-state index in [9.17, 15) is 8.78 Å². The normalized spacial score (nSPS) is 17.8. The molecule has 0 aromatic heterocycles. The van der Waals surface area contributed by atoms with Gasteiger partial charge in [0.05, 0.1) is 7.11 Å². The van der Waals surface area contributed by atoms with Gasteiger partial charge in [-0.25, -0.2) is 8.78 Å². The Morgan fingerprint density at radius 2 is 1.94 bits per heavy atom. The van der Waals surface area contributed by atoms with Gasteiger partial charge in [0.25, 0.3) is 5.92 Å². The third-order valence-electron chi connectivity index (χ3n) is 3.63. The van der Waals surface area contributed by atoms with Crippen LogP contribution < -0.4 is 10.1 Å². The Hall–Kier alpha value is -1.16. The van der Waals surface area contributed by atoms with Crippen molar-refractivity contribution in [1.82, 2.24) is 5.32 Å².